The van der Waals surface area contributed by atoms with Crippen LogP contribution in [0.3, 0.4) is 0 Å². The fraction of sp³-hybridized carbons (Fsp3) is 0.429. The predicted octanol–water partition coefficient (Wildman–Crippen LogP) is 1.82. The van der Waals surface area contributed by atoms with Gasteiger partial charge >= 0.3 is 5.97 Å². The van der Waals surface area contributed by atoms with E-state index >= 15 is 0 Å². The summed E-state index contributed by atoms with van der Waals surface area (Å²) in [6.45, 7) is 0. The third kappa shape index (κ3) is 3.07. The minimum Gasteiger partial charge on any atom is -0.494 e. The van der Waals surface area contributed by atoms with Crippen molar-refractivity contribution in [2.24, 2.45) is 5.92 Å². The summed E-state index contributed by atoms with van der Waals surface area (Å²) >= 11 is 0. The van der Waals surface area contributed by atoms with Gasteiger partial charge in [-0.2, -0.15) is 0 Å². The van der Waals surface area contributed by atoms with E-state index < -0.39 is 17.7 Å². The van der Waals surface area contributed by atoms with Crippen LogP contribution in [0.4, 0.5) is 4.39 Å². The third-order valence-electron chi connectivity index (χ3n) is 3.53. The Hall–Kier alpha value is -2.11. The Bertz CT molecular complexity index is 532. The quantitative estimate of drug-likeness (QED) is 0.882. The maximum absolute atomic E-state index is 13.3. The largest absolute Gasteiger partial charge is 0.494 e. The number of benzene rings is 1. The maximum Gasteiger partial charge on any atom is 0.306 e. The zero-order valence-corrected chi connectivity index (χ0v) is 11.1. The average Bonchev–Trinajstić information content (AvgIpc) is 2.88. The zero-order chi connectivity index (χ0) is 14.7. The molecule has 2 N–H and O–H groups in total. The monoisotopic (exact) mass is 281 g/mol. The second kappa shape index (κ2) is 5.90. The first-order valence-electron chi connectivity index (χ1n) is 6.38. The number of carbonyl (C=O) groups is 2. The van der Waals surface area contributed by atoms with E-state index in [1.807, 2.05) is 0 Å². The average molecular weight is 281 g/mol. The summed E-state index contributed by atoms with van der Waals surface area (Å²) in [4.78, 5) is 22.9. The van der Waals surface area contributed by atoms with Gasteiger partial charge in [0.25, 0.3) is 5.91 Å². The van der Waals surface area contributed by atoms with Crippen LogP contribution in [0.5, 0.6) is 5.75 Å². The molecule has 0 aliphatic heterocycles. The van der Waals surface area contributed by atoms with E-state index in [4.69, 9.17) is 9.84 Å². The molecule has 1 saturated carbocycles. The standard InChI is InChI=1S/C14H16FNO4/c1-20-12-7-8(3-5-11(12)15)13(17)16-10-4-2-9(6-10)14(18)19/h3,5,7,9-10H,2,4,6H2,1H3,(H,16,17)(H,18,19)/t9-,10+/m1/s1. The van der Waals surface area contributed by atoms with Gasteiger partial charge in [0.05, 0.1) is 13.0 Å². The molecular formula is C14H16FNO4. The molecule has 0 bridgehead atoms. The highest BCUT2D eigenvalue weighted by molar-refractivity contribution is 5.94. The van der Waals surface area contributed by atoms with Gasteiger partial charge in [-0.25, -0.2) is 4.39 Å². The molecule has 6 heteroatoms. The van der Waals surface area contributed by atoms with Crippen molar-refractivity contribution in [3.8, 4) is 5.75 Å². The molecule has 1 aliphatic carbocycles. The molecule has 20 heavy (non-hydrogen) atoms. The van der Waals surface area contributed by atoms with Crippen molar-refractivity contribution in [1.29, 1.82) is 0 Å². The topological polar surface area (TPSA) is 75.6 Å². The van der Waals surface area contributed by atoms with Gasteiger partial charge in [0.1, 0.15) is 0 Å². The Balaban J connectivity index is 2.00. The molecule has 0 radical (unpaired) electrons. The number of carbonyl (C=O) groups excluding carboxylic acids is 1. The zero-order valence-electron chi connectivity index (χ0n) is 11.1. The Labute approximate surface area is 115 Å². The van der Waals surface area contributed by atoms with Crippen molar-refractivity contribution in [3.63, 3.8) is 0 Å². The highest BCUT2D eigenvalue weighted by atomic mass is 19.1. The molecule has 1 amide bonds. The van der Waals surface area contributed by atoms with Crippen LogP contribution in [0.25, 0.3) is 0 Å². The van der Waals surface area contributed by atoms with E-state index in [0.29, 0.717) is 24.8 Å². The van der Waals surface area contributed by atoms with Crippen molar-refractivity contribution in [3.05, 3.63) is 29.6 Å². The molecule has 0 aromatic heterocycles. The number of hydrogen-bond donors (Lipinski definition) is 2. The predicted molar refractivity (Wildman–Crippen MR) is 69.2 cm³/mol. The summed E-state index contributed by atoms with van der Waals surface area (Å²) in [6, 6.07) is 3.72. The van der Waals surface area contributed by atoms with Crippen LogP contribution in [0.15, 0.2) is 18.2 Å². The Morgan fingerprint density at radius 1 is 1.40 bits per heavy atom. The third-order valence-corrected chi connectivity index (χ3v) is 3.53. The van der Waals surface area contributed by atoms with Crippen LogP contribution in [0, 0.1) is 11.7 Å². The lowest BCUT2D eigenvalue weighted by molar-refractivity contribution is -0.141. The molecule has 0 unspecified atom stereocenters. The molecule has 2 rings (SSSR count). The van der Waals surface area contributed by atoms with Gasteiger partial charge < -0.3 is 15.2 Å². The second-order valence-corrected chi connectivity index (χ2v) is 4.87. The molecule has 1 aromatic carbocycles. The summed E-state index contributed by atoms with van der Waals surface area (Å²) in [5.74, 6) is -2.10. The van der Waals surface area contributed by atoms with Crippen molar-refractivity contribution in [1.82, 2.24) is 5.32 Å². The Morgan fingerprint density at radius 2 is 2.15 bits per heavy atom. The molecule has 2 atom stereocenters. The SMILES string of the molecule is COc1cc(C(=O)N[C@H]2CC[C@@H](C(=O)O)C2)ccc1F. The number of amides is 1. The van der Waals surface area contributed by atoms with Gasteiger partial charge in [-0.1, -0.05) is 0 Å². The summed E-state index contributed by atoms with van der Waals surface area (Å²) in [5.41, 5.74) is 0.294. The number of nitrogens with one attached hydrogen (secondary N) is 1. The van der Waals surface area contributed by atoms with Crippen LogP contribution < -0.4 is 10.1 Å². The molecule has 0 spiro atoms. The summed E-state index contributed by atoms with van der Waals surface area (Å²) < 4.78 is 18.1. The normalized spacial score (nSPS) is 21.5. The Morgan fingerprint density at radius 3 is 2.75 bits per heavy atom. The number of carboxylic acids is 1. The van der Waals surface area contributed by atoms with Crippen LogP contribution in [0.2, 0.25) is 0 Å². The first kappa shape index (κ1) is 14.3. The van der Waals surface area contributed by atoms with E-state index in [2.05, 4.69) is 5.32 Å². The first-order valence-corrected chi connectivity index (χ1v) is 6.38. The van der Waals surface area contributed by atoms with Crippen molar-refractivity contribution < 1.29 is 23.8 Å². The van der Waals surface area contributed by atoms with Crippen LogP contribution in [-0.2, 0) is 4.79 Å². The van der Waals surface area contributed by atoms with Crippen molar-refractivity contribution >= 4 is 11.9 Å². The summed E-state index contributed by atoms with van der Waals surface area (Å²) in [6.07, 6.45) is 1.63. The van der Waals surface area contributed by atoms with Crippen LogP contribution in [0.1, 0.15) is 29.6 Å². The minimum atomic E-state index is -0.829. The highest BCUT2D eigenvalue weighted by Gasteiger charge is 2.30. The lowest BCUT2D eigenvalue weighted by Crippen LogP contribution is -2.33. The maximum atomic E-state index is 13.3. The number of halogens is 1. The molecule has 5 nitrogen and oxygen atoms in total. The van der Waals surface area contributed by atoms with E-state index in [0.717, 1.165) is 0 Å². The van der Waals surface area contributed by atoms with Gasteiger partial charge in [0, 0.05) is 11.6 Å². The van der Waals surface area contributed by atoms with Gasteiger partial charge in [0.2, 0.25) is 0 Å². The molecular weight excluding hydrogens is 265 g/mol. The molecule has 0 saturated heterocycles. The summed E-state index contributed by atoms with van der Waals surface area (Å²) in [5, 5.41) is 11.7. The fourth-order valence-corrected chi connectivity index (χ4v) is 2.41. The number of rotatable bonds is 4. The smallest absolute Gasteiger partial charge is 0.306 e. The molecule has 1 fully saturated rings. The van der Waals surface area contributed by atoms with Gasteiger partial charge in [-0.05, 0) is 37.5 Å². The fourth-order valence-electron chi connectivity index (χ4n) is 2.41. The molecule has 108 valence electrons. The van der Waals surface area contributed by atoms with Gasteiger partial charge in [-0.3, -0.25) is 9.59 Å². The Kier molecular flexibility index (Phi) is 4.22. The number of aliphatic carboxylic acids is 1. The lowest BCUT2D eigenvalue weighted by atomic mass is 10.1. The lowest BCUT2D eigenvalue weighted by Gasteiger charge is -2.13. The molecule has 0 heterocycles. The van der Waals surface area contributed by atoms with E-state index in [1.165, 1.54) is 25.3 Å². The first-order chi connectivity index (χ1) is 9.51. The number of methoxy groups -OCH3 is 1. The summed E-state index contributed by atoms with van der Waals surface area (Å²) in [7, 11) is 1.33. The van der Waals surface area contributed by atoms with Gasteiger partial charge in [-0.15, -0.1) is 0 Å². The second-order valence-electron chi connectivity index (χ2n) is 4.87. The van der Waals surface area contributed by atoms with Gasteiger partial charge in [0.15, 0.2) is 11.6 Å². The van der Waals surface area contributed by atoms with E-state index in [1.54, 1.807) is 0 Å². The van der Waals surface area contributed by atoms with Crippen LogP contribution >= 0.6 is 0 Å². The van der Waals surface area contributed by atoms with E-state index in [-0.39, 0.29) is 17.7 Å². The van der Waals surface area contributed by atoms with Crippen molar-refractivity contribution in [2.75, 3.05) is 7.11 Å². The van der Waals surface area contributed by atoms with Crippen molar-refractivity contribution in [2.45, 2.75) is 25.3 Å². The van der Waals surface area contributed by atoms with Crippen LogP contribution in [-0.4, -0.2) is 30.1 Å². The number of carboxylic acid groups (broad SMARTS) is 1. The number of ether oxygens (including phenoxy) is 1. The number of hydrogen-bond acceptors (Lipinski definition) is 3. The minimum absolute atomic E-state index is 0.00693. The molecule has 1 aromatic rings. The van der Waals surface area contributed by atoms with E-state index in [9.17, 15) is 14.0 Å². The molecule has 1 aliphatic rings. The highest BCUT2D eigenvalue weighted by Crippen LogP contribution is 2.26.